The Morgan fingerprint density at radius 2 is 2.47 bits per heavy atom. The predicted molar refractivity (Wildman–Crippen MR) is 69.3 cm³/mol. The van der Waals surface area contributed by atoms with E-state index in [0.717, 1.165) is 19.7 Å². The monoisotopic (exact) mass is 264 g/mol. The van der Waals surface area contributed by atoms with Gasteiger partial charge in [-0.2, -0.15) is 4.98 Å². The molecule has 0 bridgehead atoms. The second-order valence-corrected chi connectivity index (χ2v) is 5.23. The van der Waals surface area contributed by atoms with Crippen LogP contribution >= 0.6 is 0 Å². The van der Waals surface area contributed by atoms with Crippen LogP contribution in [0.3, 0.4) is 0 Å². The summed E-state index contributed by atoms with van der Waals surface area (Å²) in [5.74, 6) is 1.07. The van der Waals surface area contributed by atoms with E-state index >= 15 is 0 Å². The number of fused-ring (bicyclic) bond motifs is 1. The van der Waals surface area contributed by atoms with Gasteiger partial charge in [-0.1, -0.05) is 11.2 Å². The zero-order valence-corrected chi connectivity index (χ0v) is 11.0. The number of hydrogen-bond donors (Lipinski definition) is 1. The summed E-state index contributed by atoms with van der Waals surface area (Å²) in [4.78, 5) is 6.82. The third-order valence-corrected chi connectivity index (χ3v) is 3.87. The van der Waals surface area contributed by atoms with Gasteiger partial charge >= 0.3 is 0 Å². The zero-order chi connectivity index (χ0) is 13.2. The van der Waals surface area contributed by atoms with Gasteiger partial charge in [-0.15, -0.1) is 6.58 Å². The lowest BCUT2D eigenvalue weighted by Gasteiger charge is -2.33. The molecule has 3 heterocycles. The van der Waals surface area contributed by atoms with Gasteiger partial charge in [-0.25, -0.2) is 0 Å². The molecule has 0 aliphatic carbocycles. The summed E-state index contributed by atoms with van der Waals surface area (Å²) < 4.78 is 11.1. The molecule has 2 fully saturated rings. The fourth-order valence-corrected chi connectivity index (χ4v) is 2.78. The van der Waals surface area contributed by atoms with E-state index < -0.39 is 0 Å². The third kappa shape index (κ3) is 2.56. The van der Waals surface area contributed by atoms with Crippen LogP contribution < -0.4 is 5.73 Å². The largest absolute Gasteiger partial charge is 0.367 e. The second kappa shape index (κ2) is 5.40. The second-order valence-electron chi connectivity index (χ2n) is 5.23. The Morgan fingerprint density at radius 3 is 3.32 bits per heavy atom. The van der Waals surface area contributed by atoms with Crippen molar-refractivity contribution >= 4 is 0 Å². The highest BCUT2D eigenvalue weighted by atomic mass is 16.5. The lowest BCUT2D eigenvalue weighted by atomic mass is 10.2. The zero-order valence-electron chi connectivity index (χ0n) is 11.0. The lowest BCUT2D eigenvalue weighted by Crippen LogP contribution is -2.42. The van der Waals surface area contributed by atoms with Crippen molar-refractivity contribution in [1.29, 1.82) is 0 Å². The molecule has 0 radical (unpaired) electrons. The van der Waals surface area contributed by atoms with Crippen molar-refractivity contribution in [1.82, 2.24) is 15.0 Å². The molecule has 0 spiro atoms. The average molecular weight is 264 g/mol. The van der Waals surface area contributed by atoms with Crippen LogP contribution in [0.15, 0.2) is 17.2 Å². The Bertz CT molecular complexity index is 448. The van der Waals surface area contributed by atoms with E-state index in [1.54, 1.807) is 6.08 Å². The maximum absolute atomic E-state index is 5.92. The van der Waals surface area contributed by atoms with E-state index in [0.29, 0.717) is 24.2 Å². The Morgan fingerprint density at radius 1 is 1.58 bits per heavy atom. The molecule has 2 N–H and O–H groups in total. The van der Waals surface area contributed by atoms with Crippen LogP contribution in [0.1, 0.15) is 43.1 Å². The molecule has 2 aliphatic heterocycles. The molecule has 6 nitrogen and oxygen atoms in total. The smallest absolute Gasteiger partial charge is 0.243 e. The van der Waals surface area contributed by atoms with Crippen molar-refractivity contribution in [2.75, 3.05) is 19.7 Å². The van der Waals surface area contributed by atoms with E-state index in [1.807, 2.05) is 0 Å². The van der Waals surface area contributed by atoms with Gasteiger partial charge in [0.05, 0.1) is 12.6 Å². The third-order valence-electron chi connectivity index (χ3n) is 3.87. The highest BCUT2D eigenvalue weighted by Crippen LogP contribution is 2.29. The van der Waals surface area contributed by atoms with Gasteiger partial charge in [0.15, 0.2) is 0 Å². The van der Waals surface area contributed by atoms with E-state index in [9.17, 15) is 0 Å². The average Bonchev–Trinajstić information content (AvgIpc) is 3.07. The first-order valence-electron chi connectivity index (χ1n) is 6.83. The molecule has 3 rings (SSSR count). The van der Waals surface area contributed by atoms with Gasteiger partial charge in [-0.3, -0.25) is 4.90 Å². The van der Waals surface area contributed by atoms with Crippen LogP contribution in [0.25, 0.3) is 0 Å². The molecule has 0 aromatic carbocycles. The molecule has 19 heavy (non-hydrogen) atoms. The molecule has 3 atom stereocenters. The molecule has 0 amide bonds. The Hall–Kier alpha value is -1.24. The van der Waals surface area contributed by atoms with E-state index in [4.69, 9.17) is 15.0 Å². The topological polar surface area (TPSA) is 77.4 Å². The molecule has 1 aromatic heterocycles. The summed E-state index contributed by atoms with van der Waals surface area (Å²) in [5.41, 5.74) is 5.92. The quantitative estimate of drug-likeness (QED) is 0.823. The van der Waals surface area contributed by atoms with Gasteiger partial charge in [0.2, 0.25) is 11.7 Å². The number of ether oxygens (including phenoxy) is 1. The standard InChI is InChI=1S/C13H20N4O2/c1-2-4-10(14)13-15-12(16-19-13)11-7-17-6-3-5-9(17)8-18-11/h2,9-11H,1,3-8,14H2. The number of nitrogens with two attached hydrogens (primary N) is 1. The van der Waals surface area contributed by atoms with E-state index in [2.05, 4.69) is 21.6 Å². The van der Waals surface area contributed by atoms with Crippen LogP contribution in [0.2, 0.25) is 0 Å². The number of aromatic nitrogens is 2. The van der Waals surface area contributed by atoms with E-state index in [-0.39, 0.29) is 12.1 Å². The SMILES string of the molecule is C=CCC(N)c1nc(C2CN3CCCC3CO2)no1. The van der Waals surface area contributed by atoms with Crippen LogP contribution in [0.4, 0.5) is 0 Å². The summed E-state index contributed by atoms with van der Waals surface area (Å²) in [6, 6.07) is 0.299. The first-order chi connectivity index (χ1) is 9.28. The molecular formula is C13H20N4O2. The summed E-state index contributed by atoms with van der Waals surface area (Å²) in [5, 5.41) is 4.01. The van der Waals surface area contributed by atoms with Crippen molar-refractivity contribution in [2.45, 2.75) is 37.5 Å². The van der Waals surface area contributed by atoms with Gasteiger partial charge in [0, 0.05) is 12.6 Å². The van der Waals surface area contributed by atoms with E-state index in [1.165, 1.54) is 12.8 Å². The molecular weight excluding hydrogens is 244 g/mol. The molecule has 0 saturated carbocycles. The minimum Gasteiger partial charge on any atom is -0.367 e. The maximum Gasteiger partial charge on any atom is 0.243 e. The number of hydrogen-bond acceptors (Lipinski definition) is 6. The molecule has 104 valence electrons. The number of nitrogens with zero attached hydrogens (tertiary/aromatic N) is 3. The van der Waals surface area contributed by atoms with Crippen LogP contribution in [-0.4, -0.2) is 40.8 Å². The first-order valence-corrected chi connectivity index (χ1v) is 6.83. The molecule has 6 heteroatoms. The van der Waals surface area contributed by atoms with Crippen molar-refractivity contribution in [3.05, 3.63) is 24.4 Å². The maximum atomic E-state index is 5.92. The van der Waals surface area contributed by atoms with Gasteiger partial charge < -0.3 is 15.0 Å². The fourth-order valence-electron chi connectivity index (χ4n) is 2.78. The van der Waals surface area contributed by atoms with Gasteiger partial charge in [0.1, 0.15) is 6.10 Å². The minimum absolute atomic E-state index is 0.0946. The summed E-state index contributed by atoms with van der Waals surface area (Å²) in [6.07, 6.45) is 4.77. The van der Waals surface area contributed by atoms with Crippen molar-refractivity contribution in [2.24, 2.45) is 5.73 Å². The van der Waals surface area contributed by atoms with Crippen molar-refractivity contribution in [3.63, 3.8) is 0 Å². The minimum atomic E-state index is -0.276. The number of rotatable bonds is 4. The van der Waals surface area contributed by atoms with Crippen LogP contribution in [0, 0.1) is 0 Å². The molecule has 2 saturated heterocycles. The summed E-state index contributed by atoms with van der Waals surface area (Å²) in [7, 11) is 0. The highest BCUT2D eigenvalue weighted by Gasteiger charge is 2.35. The predicted octanol–water partition coefficient (Wildman–Crippen LogP) is 1.18. The summed E-state index contributed by atoms with van der Waals surface area (Å²) in [6.45, 7) is 6.41. The molecule has 2 aliphatic rings. The summed E-state index contributed by atoms with van der Waals surface area (Å²) >= 11 is 0. The normalized spacial score (nSPS) is 29.1. The van der Waals surface area contributed by atoms with Crippen LogP contribution in [-0.2, 0) is 4.74 Å². The van der Waals surface area contributed by atoms with Crippen molar-refractivity contribution in [3.8, 4) is 0 Å². The number of morpholine rings is 1. The van der Waals surface area contributed by atoms with Crippen LogP contribution in [0.5, 0.6) is 0 Å². The Labute approximate surface area is 112 Å². The fraction of sp³-hybridized carbons (Fsp3) is 0.692. The van der Waals surface area contributed by atoms with Gasteiger partial charge in [-0.05, 0) is 25.8 Å². The molecule has 3 unspecified atom stereocenters. The Balaban J connectivity index is 1.67. The highest BCUT2D eigenvalue weighted by molar-refractivity contribution is 5.00. The lowest BCUT2D eigenvalue weighted by molar-refractivity contribution is -0.0548. The van der Waals surface area contributed by atoms with Gasteiger partial charge in [0.25, 0.3) is 0 Å². The Kier molecular flexibility index (Phi) is 3.63. The first kappa shape index (κ1) is 12.8. The molecule has 1 aromatic rings. The van der Waals surface area contributed by atoms with Crippen molar-refractivity contribution < 1.29 is 9.26 Å².